The number of ether oxygens (including phenoxy) is 1. The number of aromatic hydroxyl groups is 1. The first-order chi connectivity index (χ1) is 7.56. The molecule has 0 amide bonds. The lowest BCUT2D eigenvalue weighted by Gasteiger charge is -2.18. The number of phenolic OH excluding ortho intramolecular Hbond substituents is 1. The molecule has 0 bridgehead atoms. The maximum atomic E-state index is 10.1. The monoisotopic (exact) mass is 287 g/mol. The molecule has 0 aliphatic rings. The molecule has 0 fully saturated rings. The maximum absolute atomic E-state index is 10.1. The molecule has 0 radical (unpaired) electrons. The van der Waals surface area contributed by atoms with Crippen LogP contribution in [-0.4, -0.2) is 18.8 Å². The summed E-state index contributed by atoms with van der Waals surface area (Å²) in [6.45, 7) is 4.54. The minimum absolute atomic E-state index is 0.0924. The van der Waals surface area contributed by atoms with Crippen molar-refractivity contribution >= 4 is 15.9 Å². The Morgan fingerprint density at radius 1 is 1.56 bits per heavy atom. The van der Waals surface area contributed by atoms with Crippen LogP contribution in [-0.2, 0) is 6.42 Å². The normalized spacial score (nSPS) is 12.6. The van der Waals surface area contributed by atoms with Gasteiger partial charge in [0, 0.05) is 10.0 Å². The summed E-state index contributed by atoms with van der Waals surface area (Å²) in [6.07, 6.45) is 0.877. The standard InChI is InChI=1S/C12H18BrNO2/c1-4-8-5-9(16-3)12(15)10(11(8)13)7(2)6-14/h5,7,15H,4,6,14H2,1-3H3. The van der Waals surface area contributed by atoms with Crippen LogP contribution in [0.2, 0.25) is 0 Å². The van der Waals surface area contributed by atoms with E-state index in [0.29, 0.717) is 12.3 Å². The molecular formula is C12H18BrNO2. The predicted molar refractivity (Wildman–Crippen MR) is 69.2 cm³/mol. The minimum Gasteiger partial charge on any atom is -0.504 e. The van der Waals surface area contributed by atoms with Gasteiger partial charge in [-0.1, -0.05) is 29.8 Å². The van der Waals surface area contributed by atoms with E-state index in [-0.39, 0.29) is 11.7 Å². The van der Waals surface area contributed by atoms with Crippen molar-refractivity contribution < 1.29 is 9.84 Å². The van der Waals surface area contributed by atoms with Crippen LogP contribution in [0.1, 0.15) is 30.9 Å². The quantitative estimate of drug-likeness (QED) is 0.895. The summed E-state index contributed by atoms with van der Waals surface area (Å²) < 4.78 is 6.10. The number of benzene rings is 1. The number of hydrogen-bond donors (Lipinski definition) is 2. The number of rotatable bonds is 4. The molecule has 16 heavy (non-hydrogen) atoms. The second kappa shape index (κ2) is 5.55. The van der Waals surface area contributed by atoms with Crippen molar-refractivity contribution in [1.82, 2.24) is 0 Å². The molecule has 0 aliphatic heterocycles. The fourth-order valence-electron chi connectivity index (χ4n) is 1.68. The number of aryl methyl sites for hydroxylation is 1. The zero-order valence-corrected chi connectivity index (χ0v) is 11.5. The van der Waals surface area contributed by atoms with Crippen molar-refractivity contribution in [3.8, 4) is 11.5 Å². The molecule has 0 saturated heterocycles. The van der Waals surface area contributed by atoms with Gasteiger partial charge in [-0.05, 0) is 30.5 Å². The highest BCUT2D eigenvalue weighted by atomic mass is 79.9. The zero-order chi connectivity index (χ0) is 12.3. The highest BCUT2D eigenvalue weighted by Crippen LogP contribution is 2.41. The number of halogens is 1. The Morgan fingerprint density at radius 3 is 2.62 bits per heavy atom. The molecule has 0 aromatic heterocycles. The molecule has 1 aromatic carbocycles. The number of nitrogens with two attached hydrogens (primary N) is 1. The Morgan fingerprint density at radius 2 is 2.19 bits per heavy atom. The van der Waals surface area contributed by atoms with Crippen molar-refractivity contribution in [2.75, 3.05) is 13.7 Å². The molecule has 0 spiro atoms. The van der Waals surface area contributed by atoms with Gasteiger partial charge in [0.15, 0.2) is 11.5 Å². The Balaban J connectivity index is 3.43. The molecule has 1 atom stereocenters. The van der Waals surface area contributed by atoms with Gasteiger partial charge in [0.25, 0.3) is 0 Å². The van der Waals surface area contributed by atoms with Gasteiger partial charge in [0.1, 0.15) is 0 Å². The topological polar surface area (TPSA) is 55.5 Å². The molecule has 1 rings (SSSR count). The first kappa shape index (κ1) is 13.3. The van der Waals surface area contributed by atoms with Crippen LogP contribution in [0.15, 0.2) is 10.5 Å². The van der Waals surface area contributed by atoms with E-state index in [9.17, 15) is 5.11 Å². The zero-order valence-electron chi connectivity index (χ0n) is 9.88. The van der Waals surface area contributed by atoms with E-state index in [1.165, 1.54) is 0 Å². The largest absolute Gasteiger partial charge is 0.504 e. The fraction of sp³-hybridized carbons (Fsp3) is 0.500. The van der Waals surface area contributed by atoms with Gasteiger partial charge in [-0.25, -0.2) is 0 Å². The van der Waals surface area contributed by atoms with E-state index in [4.69, 9.17) is 10.5 Å². The van der Waals surface area contributed by atoms with E-state index in [1.54, 1.807) is 7.11 Å². The third kappa shape index (κ3) is 2.33. The SMILES string of the molecule is CCc1cc(OC)c(O)c(C(C)CN)c1Br. The smallest absolute Gasteiger partial charge is 0.162 e. The Bertz CT molecular complexity index is 352. The number of methoxy groups -OCH3 is 1. The lowest BCUT2D eigenvalue weighted by molar-refractivity contribution is 0.368. The number of phenols is 1. The summed E-state index contributed by atoms with van der Waals surface area (Å²) in [5.41, 5.74) is 7.60. The molecule has 90 valence electrons. The molecule has 4 heteroatoms. The lowest BCUT2D eigenvalue weighted by Crippen LogP contribution is -2.11. The molecule has 3 N–H and O–H groups in total. The van der Waals surface area contributed by atoms with Gasteiger partial charge in [0.2, 0.25) is 0 Å². The first-order valence-electron chi connectivity index (χ1n) is 5.35. The minimum atomic E-state index is 0.0924. The molecule has 0 aliphatic carbocycles. The highest BCUT2D eigenvalue weighted by Gasteiger charge is 2.19. The van der Waals surface area contributed by atoms with E-state index in [0.717, 1.165) is 22.0 Å². The van der Waals surface area contributed by atoms with Crippen molar-refractivity contribution in [2.24, 2.45) is 5.73 Å². The first-order valence-corrected chi connectivity index (χ1v) is 6.14. The average Bonchev–Trinajstić information content (AvgIpc) is 2.29. The summed E-state index contributed by atoms with van der Waals surface area (Å²) in [7, 11) is 1.55. The van der Waals surface area contributed by atoms with Gasteiger partial charge in [-0.15, -0.1) is 0 Å². The lowest BCUT2D eigenvalue weighted by atomic mass is 9.96. The van der Waals surface area contributed by atoms with E-state index >= 15 is 0 Å². The molecule has 3 nitrogen and oxygen atoms in total. The summed E-state index contributed by atoms with van der Waals surface area (Å²) in [4.78, 5) is 0. The molecule has 0 saturated carbocycles. The number of hydrogen-bond acceptors (Lipinski definition) is 3. The summed E-state index contributed by atoms with van der Waals surface area (Å²) in [5.74, 6) is 0.787. The van der Waals surface area contributed by atoms with Crippen LogP contribution < -0.4 is 10.5 Å². The molecule has 0 heterocycles. The van der Waals surface area contributed by atoms with Crippen LogP contribution in [0.5, 0.6) is 11.5 Å². The maximum Gasteiger partial charge on any atom is 0.162 e. The van der Waals surface area contributed by atoms with Gasteiger partial charge in [-0.2, -0.15) is 0 Å². The predicted octanol–water partition coefficient (Wildman–Crippen LogP) is 2.79. The van der Waals surface area contributed by atoms with Crippen LogP contribution in [0.4, 0.5) is 0 Å². The van der Waals surface area contributed by atoms with Crippen molar-refractivity contribution in [3.63, 3.8) is 0 Å². The molecule has 1 aromatic rings. The Kier molecular flexibility index (Phi) is 4.62. The van der Waals surface area contributed by atoms with E-state index in [1.807, 2.05) is 13.0 Å². The van der Waals surface area contributed by atoms with Gasteiger partial charge < -0.3 is 15.6 Å². The van der Waals surface area contributed by atoms with Crippen molar-refractivity contribution in [1.29, 1.82) is 0 Å². The Hall–Kier alpha value is -0.740. The molecular weight excluding hydrogens is 270 g/mol. The van der Waals surface area contributed by atoms with Crippen LogP contribution in [0.25, 0.3) is 0 Å². The Labute approximate surface area is 105 Å². The van der Waals surface area contributed by atoms with E-state index in [2.05, 4.69) is 22.9 Å². The van der Waals surface area contributed by atoms with Crippen LogP contribution in [0.3, 0.4) is 0 Å². The third-order valence-electron chi connectivity index (χ3n) is 2.76. The fourth-order valence-corrected chi connectivity index (χ4v) is 2.65. The summed E-state index contributed by atoms with van der Waals surface area (Å²) >= 11 is 3.53. The van der Waals surface area contributed by atoms with Crippen molar-refractivity contribution in [3.05, 3.63) is 21.7 Å². The van der Waals surface area contributed by atoms with Crippen LogP contribution in [0, 0.1) is 0 Å². The molecule has 1 unspecified atom stereocenters. The van der Waals surface area contributed by atoms with Crippen LogP contribution >= 0.6 is 15.9 Å². The van der Waals surface area contributed by atoms with Gasteiger partial charge >= 0.3 is 0 Å². The van der Waals surface area contributed by atoms with E-state index < -0.39 is 0 Å². The van der Waals surface area contributed by atoms with Gasteiger partial charge in [-0.3, -0.25) is 0 Å². The average molecular weight is 288 g/mol. The van der Waals surface area contributed by atoms with Crippen molar-refractivity contribution in [2.45, 2.75) is 26.2 Å². The second-order valence-corrected chi connectivity index (χ2v) is 4.60. The highest BCUT2D eigenvalue weighted by molar-refractivity contribution is 9.10. The summed E-state index contributed by atoms with van der Waals surface area (Å²) in [6, 6.07) is 1.85. The summed E-state index contributed by atoms with van der Waals surface area (Å²) in [5, 5.41) is 10.1. The van der Waals surface area contributed by atoms with Gasteiger partial charge in [0.05, 0.1) is 7.11 Å². The second-order valence-electron chi connectivity index (χ2n) is 3.80. The third-order valence-corrected chi connectivity index (χ3v) is 3.70.